The molecule has 196 valence electrons. The molecule has 38 heavy (non-hydrogen) atoms. The summed E-state index contributed by atoms with van der Waals surface area (Å²) in [5.41, 5.74) is 1.34. The first-order valence-electron chi connectivity index (χ1n) is 11.5. The summed E-state index contributed by atoms with van der Waals surface area (Å²) in [7, 11) is -4.20. The van der Waals surface area contributed by atoms with E-state index in [2.05, 4.69) is 21.2 Å². The molecular weight excluding hydrogens is 578 g/mol. The molecule has 1 unspecified atom stereocenters. The molecule has 3 aromatic carbocycles. The first-order chi connectivity index (χ1) is 18.1. The van der Waals surface area contributed by atoms with Gasteiger partial charge in [-0.3, -0.25) is 14.4 Å². The lowest BCUT2D eigenvalue weighted by molar-refractivity contribution is -0.122. The number of fused-ring (bicyclic) bond motifs is 1. The van der Waals surface area contributed by atoms with Gasteiger partial charge in [-0.1, -0.05) is 22.0 Å². The number of carbonyl (C=O) groups excluding carboxylic acids is 3. The monoisotopic (exact) mass is 599 g/mol. The molecule has 1 N–H and O–H groups in total. The Hall–Kier alpha value is -3.74. The minimum Gasteiger partial charge on any atom is -0.454 e. The number of rotatable bonds is 7. The smallest absolute Gasteiger partial charge is 0.252 e. The van der Waals surface area contributed by atoms with Crippen molar-refractivity contribution in [2.45, 2.75) is 30.8 Å². The Morgan fingerprint density at radius 1 is 1.03 bits per heavy atom. The molecule has 1 fully saturated rings. The summed E-state index contributed by atoms with van der Waals surface area (Å²) in [4.78, 5) is 38.9. The number of ether oxygens (including phenoxy) is 2. The van der Waals surface area contributed by atoms with Gasteiger partial charge < -0.3 is 14.8 Å². The van der Waals surface area contributed by atoms with Crippen LogP contribution in [0.1, 0.15) is 18.9 Å². The van der Waals surface area contributed by atoms with Gasteiger partial charge in [0.25, 0.3) is 5.91 Å². The van der Waals surface area contributed by atoms with Gasteiger partial charge in [0, 0.05) is 23.6 Å². The van der Waals surface area contributed by atoms with Gasteiger partial charge in [-0.15, -0.1) is 0 Å². The van der Waals surface area contributed by atoms with E-state index in [9.17, 15) is 22.8 Å². The van der Waals surface area contributed by atoms with Gasteiger partial charge in [0.05, 0.1) is 17.0 Å². The molecule has 0 bridgehead atoms. The Balaban J connectivity index is 1.50. The van der Waals surface area contributed by atoms with Gasteiger partial charge >= 0.3 is 0 Å². The van der Waals surface area contributed by atoms with Gasteiger partial charge in [0.2, 0.25) is 28.6 Å². The first kappa shape index (κ1) is 25.9. The number of hydrogen-bond acceptors (Lipinski definition) is 7. The van der Waals surface area contributed by atoms with Crippen LogP contribution in [0, 0.1) is 0 Å². The van der Waals surface area contributed by atoms with Crippen molar-refractivity contribution in [1.82, 2.24) is 4.31 Å². The van der Waals surface area contributed by atoms with Crippen molar-refractivity contribution < 1.29 is 32.3 Å². The fourth-order valence-corrected chi connectivity index (χ4v) is 6.17. The van der Waals surface area contributed by atoms with Crippen molar-refractivity contribution >= 4 is 55.0 Å². The average molecular weight is 600 g/mol. The second kappa shape index (κ2) is 10.2. The van der Waals surface area contributed by atoms with Gasteiger partial charge in [0.15, 0.2) is 11.5 Å². The minimum atomic E-state index is -4.20. The molecule has 0 spiro atoms. The van der Waals surface area contributed by atoms with Crippen molar-refractivity contribution in [3.8, 4) is 11.5 Å². The Morgan fingerprint density at radius 3 is 2.39 bits per heavy atom. The van der Waals surface area contributed by atoms with E-state index in [1.54, 1.807) is 42.5 Å². The van der Waals surface area contributed by atoms with Crippen LogP contribution in [-0.2, 0) is 31.0 Å². The maximum Gasteiger partial charge on any atom is 0.252 e. The molecule has 2 heterocycles. The second-order valence-electron chi connectivity index (χ2n) is 8.71. The van der Waals surface area contributed by atoms with Crippen LogP contribution in [-0.4, -0.2) is 43.3 Å². The Labute approximate surface area is 227 Å². The highest BCUT2D eigenvalue weighted by molar-refractivity contribution is 9.10. The van der Waals surface area contributed by atoms with Crippen LogP contribution in [0.25, 0.3) is 0 Å². The van der Waals surface area contributed by atoms with Crippen molar-refractivity contribution in [3.63, 3.8) is 0 Å². The highest BCUT2D eigenvalue weighted by Crippen LogP contribution is 2.35. The zero-order valence-electron chi connectivity index (χ0n) is 20.1. The molecule has 3 amide bonds. The number of amides is 3. The van der Waals surface area contributed by atoms with E-state index in [4.69, 9.17) is 9.47 Å². The Morgan fingerprint density at radius 2 is 1.71 bits per heavy atom. The minimum absolute atomic E-state index is 0.0141. The van der Waals surface area contributed by atoms with Crippen LogP contribution in [0.15, 0.2) is 76.1 Å². The zero-order valence-corrected chi connectivity index (χ0v) is 22.5. The normalized spacial score (nSPS) is 16.8. The van der Waals surface area contributed by atoms with Crippen LogP contribution in [0.5, 0.6) is 11.5 Å². The van der Waals surface area contributed by atoms with Crippen molar-refractivity contribution in [3.05, 3.63) is 76.8 Å². The van der Waals surface area contributed by atoms with Crippen LogP contribution < -0.4 is 19.7 Å². The molecule has 3 aromatic rings. The Bertz CT molecular complexity index is 1530. The highest BCUT2D eigenvalue weighted by Gasteiger charge is 2.47. The highest BCUT2D eigenvalue weighted by atomic mass is 79.9. The molecule has 10 nitrogen and oxygen atoms in total. The first-order valence-corrected chi connectivity index (χ1v) is 13.8. The molecule has 0 aliphatic carbocycles. The molecule has 0 saturated carbocycles. The number of nitrogens with one attached hydrogen (secondary N) is 1. The maximum absolute atomic E-state index is 13.8. The molecule has 2 aliphatic heterocycles. The molecule has 12 heteroatoms. The standard InChI is InChI=1S/C26H22BrN3O7S/c1-16(31)28-19-5-7-20(8-6-19)30-25(32)13-22(26(30)33)29(38(34,35)21-9-3-18(27)4-10-21)14-17-2-11-23-24(12-17)37-15-36-23/h2-12,22H,13-15H2,1H3,(H,28,31). The van der Waals surface area contributed by atoms with E-state index >= 15 is 0 Å². The van der Waals surface area contributed by atoms with E-state index in [0.29, 0.717) is 27.2 Å². The molecule has 5 rings (SSSR count). The van der Waals surface area contributed by atoms with Crippen molar-refractivity contribution in [1.29, 1.82) is 0 Å². The lowest BCUT2D eigenvalue weighted by Crippen LogP contribution is -2.45. The van der Waals surface area contributed by atoms with Crippen molar-refractivity contribution in [2.24, 2.45) is 0 Å². The number of halogens is 1. The lowest BCUT2D eigenvalue weighted by atomic mass is 10.1. The number of sulfonamides is 1. The molecule has 1 saturated heterocycles. The average Bonchev–Trinajstić information content (AvgIpc) is 3.46. The Kier molecular flexibility index (Phi) is 6.95. The summed E-state index contributed by atoms with van der Waals surface area (Å²) in [6, 6.07) is 16.0. The number of imide groups is 1. The topological polar surface area (TPSA) is 122 Å². The van der Waals surface area contributed by atoms with Gasteiger partial charge in [-0.05, 0) is 66.2 Å². The van der Waals surface area contributed by atoms with Gasteiger partial charge in [-0.2, -0.15) is 4.31 Å². The fraction of sp³-hybridized carbons (Fsp3) is 0.192. The number of benzene rings is 3. The molecular formula is C26H22BrN3O7S. The summed E-state index contributed by atoms with van der Waals surface area (Å²) in [5.74, 6) is -0.448. The third kappa shape index (κ3) is 5.02. The predicted octanol–water partition coefficient (Wildman–Crippen LogP) is 3.66. The summed E-state index contributed by atoms with van der Waals surface area (Å²) in [6.45, 7) is 1.26. The number of anilines is 2. The predicted molar refractivity (Wildman–Crippen MR) is 141 cm³/mol. The van der Waals surface area contributed by atoms with E-state index < -0.39 is 27.9 Å². The van der Waals surface area contributed by atoms with E-state index in [0.717, 1.165) is 9.21 Å². The molecule has 2 aliphatic rings. The zero-order chi connectivity index (χ0) is 27.0. The quantitative estimate of drug-likeness (QED) is 0.411. The SMILES string of the molecule is CC(=O)Nc1ccc(N2C(=O)CC(N(Cc3ccc4c(c3)OCO4)S(=O)(=O)c3ccc(Br)cc3)C2=O)cc1. The van der Waals surface area contributed by atoms with Crippen molar-refractivity contribution in [2.75, 3.05) is 17.0 Å². The number of carbonyl (C=O) groups is 3. The summed E-state index contributed by atoms with van der Waals surface area (Å²) >= 11 is 3.30. The maximum atomic E-state index is 13.8. The van der Waals surface area contributed by atoms with Gasteiger partial charge in [0.1, 0.15) is 6.04 Å². The third-order valence-corrected chi connectivity index (χ3v) is 8.51. The van der Waals surface area contributed by atoms with E-state index in [-0.39, 0.29) is 36.2 Å². The van der Waals surface area contributed by atoms with Crippen LogP contribution >= 0.6 is 15.9 Å². The van der Waals surface area contributed by atoms with E-state index in [1.807, 2.05) is 0 Å². The summed E-state index contributed by atoms with van der Waals surface area (Å²) < 4.78 is 40.2. The van der Waals surface area contributed by atoms with Gasteiger partial charge in [-0.25, -0.2) is 13.3 Å². The molecule has 0 radical (unpaired) electrons. The third-order valence-electron chi connectivity index (χ3n) is 6.11. The molecule has 1 atom stereocenters. The lowest BCUT2D eigenvalue weighted by Gasteiger charge is -2.27. The second-order valence-corrected chi connectivity index (χ2v) is 11.5. The van der Waals surface area contributed by atoms with Crippen LogP contribution in [0.2, 0.25) is 0 Å². The number of hydrogen-bond donors (Lipinski definition) is 1. The van der Waals surface area contributed by atoms with E-state index in [1.165, 1.54) is 31.2 Å². The fourth-order valence-electron chi connectivity index (χ4n) is 4.33. The summed E-state index contributed by atoms with van der Waals surface area (Å²) in [6.07, 6.45) is -0.327. The van der Waals surface area contributed by atoms with Crippen LogP contribution in [0.3, 0.4) is 0 Å². The number of nitrogens with zero attached hydrogens (tertiary/aromatic N) is 2. The summed E-state index contributed by atoms with van der Waals surface area (Å²) in [5, 5.41) is 2.62. The van der Waals surface area contributed by atoms with Crippen LogP contribution in [0.4, 0.5) is 11.4 Å². The molecule has 0 aromatic heterocycles. The largest absolute Gasteiger partial charge is 0.454 e.